The first-order valence-corrected chi connectivity index (χ1v) is 8.61. The Kier molecular flexibility index (Phi) is 4.51. The minimum atomic E-state index is 0.626. The Balaban J connectivity index is 1.59. The van der Waals surface area contributed by atoms with E-state index in [4.69, 9.17) is 0 Å². The first-order chi connectivity index (χ1) is 9.33. The highest BCUT2D eigenvalue weighted by atomic mass is 32.1. The van der Waals surface area contributed by atoms with Gasteiger partial charge in [-0.25, -0.2) is 4.98 Å². The molecule has 1 aliphatic carbocycles. The molecule has 2 aliphatic rings. The van der Waals surface area contributed by atoms with Crippen molar-refractivity contribution in [3.8, 4) is 0 Å². The van der Waals surface area contributed by atoms with Crippen LogP contribution in [0.2, 0.25) is 0 Å². The largest absolute Gasteiger partial charge is 0.311 e. The molecule has 1 N–H and O–H groups in total. The Bertz CT molecular complexity index is 373. The van der Waals surface area contributed by atoms with E-state index in [0.29, 0.717) is 12.1 Å². The van der Waals surface area contributed by atoms with Gasteiger partial charge in [-0.3, -0.25) is 4.90 Å². The van der Waals surface area contributed by atoms with Crippen LogP contribution in [-0.4, -0.2) is 35.1 Å². The minimum absolute atomic E-state index is 0.626. The lowest BCUT2D eigenvalue weighted by atomic mass is 9.82. The number of thiazole rings is 1. The molecular weight excluding hydrogens is 254 g/mol. The van der Waals surface area contributed by atoms with Crippen LogP contribution >= 0.6 is 11.3 Å². The van der Waals surface area contributed by atoms with E-state index in [1.165, 1.54) is 44.3 Å². The zero-order valence-electron chi connectivity index (χ0n) is 11.8. The topological polar surface area (TPSA) is 28.2 Å². The molecule has 106 valence electrons. The van der Waals surface area contributed by atoms with Crippen molar-refractivity contribution in [3.05, 3.63) is 16.6 Å². The van der Waals surface area contributed by atoms with Crippen LogP contribution in [0.5, 0.6) is 0 Å². The summed E-state index contributed by atoms with van der Waals surface area (Å²) in [6, 6.07) is 1.33. The smallest absolute Gasteiger partial charge is 0.0795 e. The van der Waals surface area contributed by atoms with Gasteiger partial charge in [0.05, 0.1) is 11.2 Å². The molecule has 2 unspecified atom stereocenters. The Hall–Kier alpha value is -0.450. The van der Waals surface area contributed by atoms with Gasteiger partial charge in [-0.1, -0.05) is 19.3 Å². The number of nitrogens with one attached hydrogen (secondary N) is 1. The first kappa shape index (κ1) is 13.5. The van der Waals surface area contributed by atoms with E-state index in [1.54, 1.807) is 11.3 Å². The van der Waals surface area contributed by atoms with E-state index in [9.17, 15) is 0 Å². The average molecular weight is 279 g/mol. The fraction of sp³-hybridized carbons (Fsp3) is 0.800. The van der Waals surface area contributed by atoms with Crippen LogP contribution < -0.4 is 5.32 Å². The van der Waals surface area contributed by atoms with Crippen LogP contribution in [0.25, 0.3) is 0 Å². The van der Waals surface area contributed by atoms with E-state index in [2.05, 4.69) is 27.5 Å². The molecule has 0 amide bonds. The van der Waals surface area contributed by atoms with Crippen molar-refractivity contribution >= 4 is 11.3 Å². The van der Waals surface area contributed by atoms with Crippen LogP contribution in [0.1, 0.15) is 44.7 Å². The van der Waals surface area contributed by atoms with Gasteiger partial charge in [0.2, 0.25) is 0 Å². The van der Waals surface area contributed by atoms with Gasteiger partial charge >= 0.3 is 0 Å². The summed E-state index contributed by atoms with van der Waals surface area (Å²) in [6.45, 7) is 5.68. The molecule has 4 heteroatoms. The van der Waals surface area contributed by atoms with Crippen molar-refractivity contribution < 1.29 is 0 Å². The highest BCUT2D eigenvalue weighted by molar-refractivity contribution is 7.07. The lowest BCUT2D eigenvalue weighted by molar-refractivity contribution is 0.0971. The van der Waals surface area contributed by atoms with Crippen molar-refractivity contribution in [2.24, 2.45) is 5.92 Å². The summed E-state index contributed by atoms with van der Waals surface area (Å²) in [5.74, 6) is 0.902. The maximum atomic E-state index is 4.44. The highest BCUT2D eigenvalue weighted by Crippen LogP contribution is 2.28. The van der Waals surface area contributed by atoms with Crippen molar-refractivity contribution in [2.75, 3.05) is 13.1 Å². The number of hydrogen-bond donors (Lipinski definition) is 1. The quantitative estimate of drug-likeness (QED) is 0.922. The predicted molar refractivity (Wildman–Crippen MR) is 80.4 cm³/mol. The summed E-state index contributed by atoms with van der Waals surface area (Å²) < 4.78 is 0. The summed E-state index contributed by atoms with van der Waals surface area (Å²) >= 11 is 1.70. The normalized spacial score (nSPS) is 30.6. The second-order valence-electron chi connectivity index (χ2n) is 6.17. The van der Waals surface area contributed by atoms with Gasteiger partial charge in [0.1, 0.15) is 0 Å². The van der Waals surface area contributed by atoms with Crippen molar-refractivity contribution in [3.63, 3.8) is 0 Å². The maximum absolute atomic E-state index is 4.44. The molecule has 3 nitrogen and oxygen atoms in total. The predicted octanol–water partition coefficient (Wildman–Crippen LogP) is 2.89. The zero-order chi connectivity index (χ0) is 13.1. The fourth-order valence-corrected chi connectivity index (χ4v) is 4.09. The number of rotatable bonds is 3. The van der Waals surface area contributed by atoms with E-state index in [1.807, 2.05) is 5.51 Å². The SMILES string of the molecule is CC1CNC(C2CCCCC2)CN1Cc1cscn1. The Labute approximate surface area is 120 Å². The van der Waals surface area contributed by atoms with Gasteiger partial charge in [0, 0.05) is 37.1 Å². The molecule has 1 aromatic heterocycles. The molecule has 1 aromatic rings. The van der Waals surface area contributed by atoms with Crippen LogP contribution in [0.3, 0.4) is 0 Å². The lowest BCUT2D eigenvalue weighted by Crippen LogP contribution is -2.57. The molecule has 19 heavy (non-hydrogen) atoms. The molecule has 0 radical (unpaired) electrons. The second kappa shape index (κ2) is 6.33. The van der Waals surface area contributed by atoms with Crippen molar-refractivity contribution in [1.29, 1.82) is 0 Å². The van der Waals surface area contributed by atoms with Gasteiger partial charge < -0.3 is 5.32 Å². The van der Waals surface area contributed by atoms with Crippen molar-refractivity contribution in [2.45, 2.75) is 57.7 Å². The van der Waals surface area contributed by atoms with Crippen LogP contribution in [0.4, 0.5) is 0 Å². The lowest BCUT2D eigenvalue weighted by Gasteiger charge is -2.42. The van der Waals surface area contributed by atoms with Gasteiger partial charge in [0.15, 0.2) is 0 Å². The van der Waals surface area contributed by atoms with Gasteiger partial charge in [0.25, 0.3) is 0 Å². The number of piperazine rings is 1. The number of nitrogens with zero attached hydrogens (tertiary/aromatic N) is 2. The third kappa shape index (κ3) is 3.36. The Morgan fingerprint density at radius 3 is 2.95 bits per heavy atom. The van der Waals surface area contributed by atoms with Crippen LogP contribution in [0, 0.1) is 5.92 Å². The molecular formula is C15H25N3S. The highest BCUT2D eigenvalue weighted by Gasteiger charge is 2.31. The van der Waals surface area contributed by atoms with Gasteiger partial charge in [-0.15, -0.1) is 11.3 Å². The third-order valence-electron chi connectivity index (χ3n) is 4.80. The van der Waals surface area contributed by atoms with E-state index < -0.39 is 0 Å². The van der Waals surface area contributed by atoms with Gasteiger partial charge in [-0.05, 0) is 25.7 Å². The zero-order valence-corrected chi connectivity index (χ0v) is 12.7. The minimum Gasteiger partial charge on any atom is -0.311 e. The number of aromatic nitrogens is 1. The molecule has 0 spiro atoms. The molecule has 3 rings (SSSR count). The molecule has 2 atom stereocenters. The molecule has 2 heterocycles. The van der Waals surface area contributed by atoms with Crippen LogP contribution in [0.15, 0.2) is 10.9 Å². The molecule has 1 saturated carbocycles. The van der Waals surface area contributed by atoms with E-state index >= 15 is 0 Å². The van der Waals surface area contributed by atoms with Crippen molar-refractivity contribution in [1.82, 2.24) is 15.2 Å². The fourth-order valence-electron chi connectivity index (χ4n) is 3.54. The van der Waals surface area contributed by atoms with E-state index in [0.717, 1.165) is 19.0 Å². The first-order valence-electron chi connectivity index (χ1n) is 7.67. The molecule has 2 fully saturated rings. The monoisotopic (exact) mass is 279 g/mol. The van der Waals surface area contributed by atoms with Crippen LogP contribution in [-0.2, 0) is 6.54 Å². The number of hydrogen-bond acceptors (Lipinski definition) is 4. The summed E-state index contributed by atoms with van der Waals surface area (Å²) in [6.07, 6.45) is 7.17. The summed E-state index contributed by atoms with van der Waals surface area (Å²) in [4.78, 5) is 7.05. The van der Waals surface area contributed by atoms with Gasteiger partial charge in [-0.2, -0.15) is 0 Å². The Morgan fingerprint density at radius 1 is 1.37 bits per heavy atom. The third-order valence-corrected chi connectivity index (χ3v) is 5.43. The molecule has 1 saturated heterocycles. The summed E-state index contributed by atoms with van der Waals surface area (Å²) in [5, 5.41) is 5.97. The average Bonchev–Trinajstić information content (AvgIpc) is 2.95. The summed E-state index contributed by atoms with van der Waals surface area (Å²) in [5.41, 5.74) is 3.18. The summed E-state index contributed by atoms with van der Waals surface area (Å²) in [7, 11) is 0. The second-order valence-corrected chi connectivity index (χ2v) is 6.89. The molecule has 0 aromatic carbocycles. The standard InChI is InChI=1S/C15H25N3S/c1-12-7-16-15(13-5-3-2-4-6-13)9-18(12)8-14-10-19-11-17-14/h10-13,15-16H,2-9H2,1H3. The van der Waals surface area contributed by atoms with E-state index in [-0.39, 0.29) is 0 Å². The Morgan fingerprint density at radius 2 is 2.21 bits per heavy atom. The maximum Gasteiger partial charge on any atom is 0.0795 e. The molecule has 1 aliphatic heterocycles. The molecule has 0 bridgehead atoms.